The van der Waals surface area contributed by atoms with Gasteiger partial charge in [-0.05, 0) is 51.3 Å². The maximum Gasteiger partial charge on any atom is 0.317 e. The Hall–Kier alpha value is -2.44. The minimum atomic E-state index is -0.856. The number of hydrogen-bond donors (Lipinski definition) is 2. The number of carboxylic acid groups (broad SMARTS) is 1. The lowest BCUT2D eigenvalue weighted by Gasteiger charge is -2.20. The normalized spacial score (nSPS) is 19.3. The van der Waals surface area contributed by atoms with Crippen LogP contribution in [0.3, 0.4) is 0 Å². The predicted molar refractivity (Wildman–Crippen MR) is 97.8 cm³/mol. The maximum atomic E-state index is 12.2. The number of benzene rings is 1. The number of urea groups is 1. The van der Waals surface area contributed by atoms with E-state index in [9.17, 15) is 14.7 Å². The van der Waals surface area contributed by atoms with Crippen molar-refractivity contribution in [3.8, 4) is 11.5 Å². The molecule has 0 bridgehead atoms. The highest BCUT2D eigenvalue weighted by atomic mass is 16.5. The third kappa shape index (κ3) is 4.80. The minimum Gasteiger partial charge on any atom is -0.490 e. The molecule has 1 heterocycles. The Balaban J connectivity index is 1.86. The average Bonchev–Trinajstić information content (AvgIpc) is 3.01. The van der Waals surface area contributed by atoms with E-state index in [1.165, 1.54) is 0 Å². The lowest BCUT2D eigenvalue weighted by Crippen LogP contribution is -2.41. The van der Waals surface area contributed by atoms with Crippen molar-refractivity contribution in [3.63, 3.8) is 0 Å². The monoisotopic (exact) mass is 364 g/mol. The van der Waals surface area contributed by atoms with Crippen molar-refractivity contribution in [3.05, 3.63) is 23.8 Å². The van der Waals surface area contributed by atoms with Gasteiger partial charge in [-0.15, -0.1) is 0 Å². The first-order chi connectivity index (χ1) is 12.4. The summed E-state index contributed by atoms with van der Waals surface area (Å²) in [5, 5.41) is 12.1. The van der Waals surface area contributed by atoms with Gasteiger partial charge in [-0.3, -0.25) is 4.79 Å². The van der Waals surface area contributed by atoms with Crippen LogP contribution in [0.2, 0.25) is 0 Å². The predicted octanol–water partition coefficient (Wildman–Crippen LogP) is 2.53. The Morgan fingerprint density at radius 3 is 2.54 bits per heavy atom. The summed E-state index contributed by atoms with van der Waals surface area (Å²) < 4.78 is 11.2. The third-order valence-electron chi connectivity index (χ3n) is 4.57. The van der Waals surface area contributed by atoms with Gasteiger partial charge in [-0.25, -0.2) is 4.79 Å². The number of aliphatic carboxylic acids is 1. The van der Waals surface area contributed by atoms with Gasteiger partial charge in [0.1, 0.15) is 0 Å². The molecule has 1 aliphatic rings. The number of carbonyl (C=O) groups is 2. The number of hydrogen-bond acceptors (Lipinski definition) is 4. The van der Waals surface area contributed by atoms with Crippen molar-refractivity contribution in [1.82, 2.24) is 10.2 Å². The van der Waals surface area contributed by atoms with E-state index < -0.39 is 11.4 Å². The first kappa shape index (κ1) is 19.9. The molecule has 0 aromatic heterocycles. The number of amides is 2. The molecule has 144 valence electrons. The van der Waals surface area contributed by atoms with Crippen LogP contribution in [-0.4, -0.2) is 54.9 Å². The number of nitrogens with one attached hydrogen (secondary N) is 1. The van der Waals surface area contributed by atoms with Crippen molar-refractivity contribution in [2.75, 3.05) is 32.8 Å². The number of rotatable bonds is 8. The second kappa shape index (κ2) is 8.78. The van der Waals surface area contributed by atoms with Gasteiger partial charge in [0.05, 0.1) is 18.6 Å². The van der Waals surface area contributed by atoms with Crippen LogP contribution in [0, 0.1) is 5.41 Å². The van der Waals surface area contributed by atoms with Crippen LogP contribution in [0.5, 0.6) is 11.5 Å². The van der Waals surface area contributed by atoms with Crippen LogP contribution < -0.4 is 14.8 Å². The van der Waals surface area contributed by atoms with Crippen molar-refractivity contribution in [2.24, 2.45) is 5.41 Å². The first-order valence-corrected chi connectivity index (χ1v) is 9.04. The quantitative estimate of drug-likeness (QED) is 0.740. The highest BCUT2D eigenvalue weighted by molar-refractivity contribution is 5.79. The van der Waals surface area contributed by atoms with E-state index in [2.05, 4.69) is 5.32 Å². The SMILES string of the molecule is CCOc1ccc(CCNC(=O)N2CCC(C)(C(=O)O)C2)cc1OCC. The number of ether oxygens (including phenoxy) is 2. The van der Waals surface area contributed by atoms with Crippen molar-refractivity contribution in [1.29, 1.82) is 0 Å². The molecular formula is C19H28N2O5. The van der Waals surface area contributed by atoms with Gasteiger partial charge in [0.15, 0.2) is 11.5 Å². The van der Waals surface area contributed by atoms with Crippen molar-refractivity contribution >= 4 is 12.0 Å². The van der Waals surface area contributed by atoms with Gasteiger partial charge < -0.3 is 24.8 Å². The zero-order chi connectivity index (χ0) is 19.2. The van der Waals surface area contributed by atoms with E-state index in [4.69, 9.17) is 9.47 Å². The molecular weight excluding hydrogens is 336 g/mol. The zero-order valence-electron chi connectivity index (χ0n) is 15.7. The number of carboxylic acids is 1. The molecule has 7 nitrogen and oxygen atoms in total. The second-order valence-corrected chi connectivity index (χ2v) is 6.67. The lowest BCUT2D eigenvalue weighted by molar-refractivity contribution is -0.147. The molecule has 1 aromatic carbocycles. The fraction of sp³-hybridized carbons (Fsp3) is 0.579. The van der Waals surface area contributed by atoms with Gasteiger partial charge in [-0.2, -0.15) is 0 Å². The molecule has 1 unspecified atom stereocenters. The molecule has 1 atom stereocenters. The molecule has 1 aliphatic heterocycles. The first-order valence-electron chi connectivity index (χ1n) is 9.04. The zero-order valence-corrected chi connectivity index (χ0v) is 15.7. The molecule has 26 heavy (non-hydrogen) atoms. The van der Waals surface area contributed by atoms with Crippen LogP contribution in [0.1, 0.15) is 32.8 Å². The van der Waals surface area contributed by atoms with E-state index in [1.807, 2.05) is 32.0 Å². The van der Waals surface area contributed by atoms with E-state index in [0.717, 1.165) is 5.56 Å². The summed E-state index contributed by atoms with van der Waals surface area (Å²) in [4.78, 5) is 25.1. The van der Waals surface area contributed by atoms with E-state index in [-0.39, 0.29) is 12.6 Å². The average molecular weight is 364 g/mol. The summed E-state index contributed by atoms with van der Waals surface area (Å²) in [6.45, 7) is 7.82. The standard InChI is InChI=1S/C19H28N2O5/c1-4-25-15-7-6-14(12-16(15)26-5-2)8-10-20-18(24)21-11-9-19(3,13-21)17(22)23/h6-7,12H,4-5,8-11,13H2,1-3H3,(H,20,24)(H,22,23). The molecule has 1 aromatic rings. The van der Waals surface area contributed by atoms with E-state index in [1.54, 1.807) is 11.8 Å². The summed E-state index contributed by atoms with van der Waals surface area (Å²) in [6, 6.07) is 5.55. The Labute approximate surface area is 154 Å². The summed E-state index contributed by atoms with van der Waals surface area (Å²) >= 11 is 0. The number of likely N-dealkylation sites (tertiary alicyclic amines) is 1. The Bertz CT molecular complexity index is 649. The van der Waals surface area contributed by atoms with Gasteiger partial charge in [-0.1, -0.05) is 6.07 Å². The van der Waals surface area contributed by atoms with Crippen LogP contribution in [0.4, 0.5) is 4.79 Å². The summed E-state index contributed by atoms with van der Waals surface area (Å²) in [7, 11) is 0. The van der Waals surface area contributed by atoms with Crippen molar-refractivity contribution < 1.29 is 24.2 Å². The maximum absolute atomic E-state index is 12.2. The largest absolute Gasteiger partial charge is 0.490 e. The molecule has 0 saturated carbocycles. The molecule has 7 heteroatoms. The molecule has 2 rings (SSSR count). The molecule has 1 saturated heterocycles. The number of carbonyl (C=O) groups excluding carboxylic acids is 1. The summed E-state index contributed by atoms with van der Waals surface area (Å²) in [5.41, 5.74) is 0.188. The fourth-order valence-corrected chi connectivity index (χ4v) is 2.99. The molecule has 0 radical (unpaired) electrons. The fourth-order valence-electron chi connectivity index (χ4n) is 2.99. The smallest absolute Gasteiger partial charge is 0.317 e. The Kier molecular flexibility index (Phi) is 6.71. The molecule has 1 fully saturated rings. The van der Waals surface area contributed by atoms with Crippen LogP contribution in [0.25, 0.3) is 0 Å². The highest BCUT2D eigenvalue weighted by Gasteiger charge is 2.42. The Morgan fingerprint density at radius 2 is 1.92 bits per heavy atom. The van der Waals surface area contributed by atoms with Crippen LogP contribution in [-0.2, 0) is 11.2 Å². The molecule has 0 aliphatic carbocycles. The second-order valence-electron chi connectivity index (χ2n) is 6.67. The summed E-state index contributed by atoms with van der Waals surface area (Å²) in [5.74, 6) is 0.563. The van der Waals surface area contributed by atoms with Crippen molar-refractivity contribution in [2.45, 2.75) is 33.6 Å². The lowest BCUT2D eigenvalue weighted by atomic mass is 9.90. The highest BCUT2D eigenvalue weighted by Crippen LogP contribution is 2.30. The van der Waals surface area contributed by atoms with E-state index in [0.29, 0.717) is 50.6 Å². The minimum absolute atomic E-state index is 0.217. The van der Waals surface area contributed by atoms with Gasteiger partial charge in [0, 0.05) is 19.6 Å². The van der Waals surface area contributed by atoms with Gasteiger partial charge >= 0.3 is 12.0 Å². The van der Waals surface area contributed by atoms with Crippen LogP contribution in [0.15, 0.2) is 18.2 Å². The van der Waals surface area contributed by atoms with Crippen LogP contribution >= 0.6 is 0 Å². The Morgan fingerprint density at radius 1 is 1.23 bits per heavy atom. The molecule has 0 spiro atoms. The third-order valence-corrected chi connectivity index (χ3v) is 4.57. The topological polar surface area (TPSA) is 88.1 Å². The van der Waals surface area contributed by atoms with Gasteiger partial charge in [0.25, 0.3) is 0 Å². The number of nitrogens with zero attached hydrogens (tertiary/aromatic N) is 1. The van der Waals surface area contributed by atoms with E-state index >= 15 is 0 Å². The summed E-state index contributed by atoms with van der Waals surface area (Å²) in [6.07, 6.45) is 1.13. The molecule has 2 amide bonds. The molecule has 2 N–H and O–H groups in total. The van der Waals surface area contributed by atoms with Gasteiger partial charge in [0.2, 0.25) is 0 Å².